The number of allylic oxidation sites excluding steroid dienone is 1. The smallest absolute Gasteiger partial charge is 0.404 e. The molecule has 6 N–H and O–H groups in total. The zero-order chi connectivity index (χ0) is 23.6. The molecule has 0 aliphatic carbocycles. The fourth-order valence-electron chi connectivity index (χ4n) is 3.04. The number of halogens is 1. The van der Waals surface area contributed by atoms with Crippen LogP contribution in [0.5, 0.6) is 0 Å². The summed E-state index contributed by atoms with van der Waals surface area (Å²) in [5, 5.41) is 14.1. The number of aromatic nitrogens is 1. The Labute approximate surface area is 192 Å². The standard InChI is InChI=1S/C16H15ClN6O7S2/c17-10-6(21-15(18)32-10)7(22-29)11(24)20-8-12(25)23-9(14(26)27)5(4-31-13(8)23)2-1-3-30-16(19)28/h1-2,7-8,13H,3-4H2,(H2,18,21)(H2,19,28)(H,20,24)(H,26,27)/t7?,8-,13+/m1/s1. The first-order valence-electron chi connectivity index (χ1n) is 8.70. The molecule has 1 saturated heterocycles. The van der Waals surface area contributed by atoms with Crippen LogP contribution in [-0.2, 0) is 19.1 Å². The number of anilines is 1. The Balaban J connectivity index is 1.75. The minimum Gasteiger partial charge on any atom is -0.477 e. The van der Waals surface area contributed by atoms with Crippen LogP contribution >= 0.6 is 34.7 Å². The number of nitrogen functional groups attached to an aromatic ring is 1. The van der Waals surface area contributed by atoms with Crippen LogP contribution in [0.25, 0.3) is 0 Å². The maximum atomic E-state index is 12.7. The number of hydrogen-bond donors (Lipinski definition) is 4. The number of carbonyl (C=O) groups is 4. The van der Waals surface area contributed by atoms with E-state index in [-0.39, 0.29) is 33.2 Å². The van der Waals surface area contributed by atoms with E-state index in [0.717, 1.165) is 16.2 Å². The number of nitrogens with two attached hydrogens (primary N) is 2. The first kappa shape index (κ1) is 23.5. The predicted molar refractivity (Wildman–Crippen MR) is 114 cm³/mol. The molecular formula is C16H15ClN6O7S2. The number of nitrogens with zero attached hydrogens (tertiary/aromatic N) is 3. The molecule has 0 aromatic carbocycles. The summed E-state index contributed by atoms with van der Waals surface area (Å²) in [6.07, 6.45) is 1.81. The molecule has 3 rings (SSSR count). The van der Waals surface area contributed by atoms with E-state index in [9.17, 15) is 29.2 Å². The van der Waals surface area contributed by atoms with Gasteiger partial charge in [-0.05, 0) is 16.8 Å². The van der Waals surface area contributed by atoms with Crippen LogP contribution in [0.1, 0.15) is 11.7 Å². The molecule has 3 heterocycles. The fraction of sp³-hybridized carbons (Fsp3) is 0.312. The van der Waals surface area contributed by atoms with Gasteiger partial charge in [-0.25, -0.2) is 14.6 Å². The molecule has 1 fully saturated rings. The normalized spacial score (nSPS) is 21.0. The lowest BCUT2D eigenvalue weighted by molar-refractivity contribution is -0.150. The van der Waals surface area contributed by atoms with E-state index in [2.05, 4.69) is 20.2 Å². The molecule has 0 radical (unpaired) electrons. The number of carbonyl (C=O) groups excluding carboxylic acids is 3. The Kier molecular flexibility index (Phi) is 7.00. The van der Waals surface area contributed by atoms with Crippen LogP contribution in [-0.4, -0.2) is 62.6 Å². The van der Waals surface area contributed by atoms with Crippen molar-refractivity contribution in [3.63, 3.8) is 0 Å². The topological polar surface area (TPSA) is 207 Å². The molecule has 13 nitrogen and oxygen atoms in total. The summed E-state index contributed by atoms with van der Waals surface area (Å²) in [6, 6.07) is -2.70. The van der Waals surface area contributed by atoms with Gasteiger partial charge >= 0.3 is 12.1 Å². The molecule has 1 aromatic heterocycles. The number of ether oxygens (including phenoxy) is 1. The largest absolute Gasteiger partial charge is 0.477 e. The van der Waals surface area contributed by atoms with E-state index in [1.165, 1.54) is 23.9 Å². The highest BCUT2D eigenvalue weighted by Gasteiger charge is 2.54. The number of nitroso groups, excluding NO2 is 1. The summed E-state index contributed by atoms with van der Waals surface area (Å²) in [4.78, 5) is 63.7. The van der Waals surface area contributed by atoms with E-state index in [4.69, 9.17) is 23.1 Å². The number of aliphatic carboxylic acids is 1. The molecule has 32 heavy (non-hydrogen) atoms. The Morgan fingerprint density at radius 1 is 1.47 bits per heavy atom. The molecule has 0 saturated carbocycles. The summed E-state index contributed by atoms with van der Waals surface area (Å²) >= 11 is 7.99. The third kappa shape index (κ3) is 4.53. The Morgan fingerprint density at radius 2 is 2.19 bits per heavy atom. The van der Waals surface area contributed by atoms with Crippen molar-refractivity contribution in [3.05, 3.63) is 38.4 Å². The number of fused-ring (bicyclic) bond motifs is 1. The van der Waals surface area contributed by atoms with Crippen molar-refractivity contribution in [1.29, 1.82) is 0 Å². The highest BCUT2D eigenvalue weighted by molar-refractivity contribution is 8.00. The molecule has 2 aliphatic rings. The Morgan fingerprint density at radius 3 is 2.75 bits per heavy atom. The van der Waals surface area contributed by atoms with Crippen molar-refractivity contribution in [2.45, 2.75) is 17.5 Å². The maximum Gasteiger partial charge on any atom is 0.404 e. The molecule has 2 aliphatic heterocycles. The molecule has 3 atom stereocenters. The molecule has 16 heteroatoms. The van der Waals surface area contributed by atoms with Crippen molar-refractivity contribution in [1.82, 2.24) is 15.2 Å². The van der Waals surface area contributed by atoms with Crippen molar-refractivity contribution in [3.8, 4) is 0 Å². The van der Waals surface area contributed by atoms with E-state index < -0.39 is 41.3 Å². The monoisotopic (exact) mass is 502 g/mol. The second kappa shape index (κ2) is 9.54. The lowest BCUT2D eigenvalue weighted by Crippen LogP contribution is -2.70. The number of nitrogens with one attached hydrogen (secondary N) is 1. The predicted octanol–water partition coefficient (Wildman–Crippen LogP) is 0.576. The number of amides is 3. The van der Waals surface area contributed by atoms with Crippen LogP contribution in [0.15, 0.2) is 28.6 Å². The number of hydrogen-bond acceptors (Lipinski definition) is 11. The van der Waals surface area contributed by atoms with Gasteiger partial charge in [-0.2, -0.15) is 0 Å². The average molecular weight is 503 g/mol. The molecule has 0 bridgehead atoms. The number of carboxylic acid groups (broad SMARTS) is 1. The third-order valence-corrected chi connectivity index (χ3v) is 6.79. The van der Waals surface area contributed by atoms with Gasteiger partial charge in [0.05, 0.1) is 0 Å². The fourth-order valence-corrected chi connectivity index (χ4v) is 5.33. The van der Waals surface area contributed by atoms with E-state index >= 15 is 0 Å². The van der Waals surface area contributed by atoms with E-state index in [1.54, 1.807) is 0 Å². The highest BCUT2D eigenvalue weighted by atomic mass is 35.5. The van der Waals surface area contributed by atoms with Gasteiger partial charge in [-0.1, -0.05) is 29.0 Å². The minimum absolute atomic E-state index is 0.0173. The number of primary amides is 1. The van der Waals surface area contributed by atoms with Crippen molar-refractivity contribution >= 4 is 63.7 Å². The summed E-state index contributed by atoms with van der Waals surface area (Å²) in [5.41, 5.74) is 10.3. The summed E-state index contributed by atoms with van der Waals surface area (Å²) < 4.78 is 4.56. The van der Waals surface area contributed by atoms with Gasteiger partial charge in [0.25, 0.3) is 11.8 Å². The van der Waals surface area contributed by atoms with Crippen LogP contribution in [0.4, 0.5) is 9.93 Å². The molecule has 1 unspecified atom stereocenters. The minimum atomic E-state index is -1.62. The van der Waals surface area contributed by atoms with E-state index in [1.807, 2.05) is 0 Å². The number of β-lactam (4-membered cyclic amide) rings is 1. The summed E-state index contributed by atoms with van der Waals surface area (Å²) in [7, 11) is 0. The second-order valence-electron chi connectivity index (χ2n) is 6.33. The lowest BCUT2D eigenvalue weighted by Gasteiger charge is -2.49. The third-order valence-electron chi connectivity index (χ3n) is 4.38. The zero-order valence-electron chi connectivity index (χ0n) is 15.9. The number of thiazole rings is 1. The summed E-state index contributed by atoms with van der Waals surface area (Å²) in [5.74, 6) is -2.75. The first-order valence-corrected chi connectivity index (χ1v) is 10.9. The lowest BCUT2D eigenvalue weighted by atomic mass is 10.0. The van der Waals surface area contributed by atoms with Gasteiger partial charge in [0.1, 0.15) is 33.7 Å². The van der Waals surface area contributed by atoms with Crippen LogP contribution in [0.3, 0.4) is 0 Å². The SMILES string of the molecule is NC(=O)OCC=CC1=C(C(=O)O)N2C(=O)[C@@H](NC(=O)C(N=O)c3nc(N)sc3Cl)[C@@H]2SC1. The number of thioether (sulfide) groups is 1. The first-order chi connectivity index (χ1) is 15.1. The van der Waals surface area contributed by atoms with Crippen LogP contribution in [0.2, 0.25) is 4.34 Å². The van der Waals surface area contributed by atoms with Crippen molar-refractivity contribution < 1.29 is 29.0 Å². The maximum absolute atomic E-state index is 12.7. The van der Waals surface area contributed by atoms with Crippen molar-refractivity contribution in [2.75, 3.05) is 18.1 Å². The van der Waals surface area contributed by atoms with Crippen LogP contribution in [0, 0.1) is 4.91 Å². The number of rotatable bonds is 8. The second-order valence-corrected chi connectivity index (χ2v) is 9.06. The van der Waals surface area contributed by atoms with Gasteiger partial charge in [-0.3, -0.25) is 14.5 Å². The quantitative estimate of drug-likeness (QED) is 0.287. The van der Waals surface area contributed by atoms with E-state index in [0.29, 0.717) is 5.57 Å². The highest BCUT2D eigenvalue weighted by Crippen LogP contribution is 2.41. The van der Waals surface area contributed by atoms with Gasteiger partial charge < -0.3 is 26.6 Å². The molecule has 1 aromatic rings. The molecule has 170 valence electrons. The summed E-state index contributed by atoms with van der Waals surface area (Å²) in [6.45, 7) is -0.170. The zero-order valence-corrected chi connectivity index (χ0v) is 18.3. The Hall–Kier alpha value is -3.17. The van der Waals surface area contributed by atoms with Gasteiger partial charge in [-0.15, -0.1) is 16.7 Å². The molecule has 3 amide bonds. The van der Waals surface area contributed by atoms with Crippen LogP contribution < -0.4 is 16.8 Å². The Bertz CT molecular complexity index is 1060. The van der Waals surface area contributed by atoms with Crippen molar-refractivity contribution in [2.24, 2.45) is 10.9 Å². The van der Waals surface area contributed by atoms with Gasteiger partial charge in [0.15, 0.2) is 5.13 Å². The molecule has 0 spiro atoms. The number of carboxylic acids is 1. The van der Waals surface area contributed by atoms with Gasteiger partial charge in [0.2, 0.25) is 6.04 Å². The average Bonchev–Trinajstić information content (AvgIpc) is 3.06. The molecular weight excluding hydrogens is 488 g/mol. The van der Waals surface area contributed by atoms with Gasteiger partial charge in [0, 0.05) is 5.75 Å².